The van der Waals surface area contributed by atoms with E-state index in [9.17, 15) is 4.79 Å². The van der Waals surface area contributed by atoms with Crippen molar-refractivity contribution in [1.29, 1.82) is 5.26 Å². The molecule has 22 heavy (non-hydrogen) atoms. The molecule has 112 valence electrons. The topological polar surface area (TPSA) is 77.8 Å². The lowest BCUT2D eigenvalue weighted by Gasteiger charge is -2.18. The summed E-state index contributed by atoms with van der Waals surface area (Å²) in [5.74, 6) is -0.246. The molecule has 0 aliphatic rings. The third kappa shape index (κ3) is 4.55. The summed E-state index contributed by atoms with van der Waals surface area (Å²) in [6.45, 7) is 0.0708. The van der Waals surface area contributed by atoms with E-state index in [1.165, 1.54) is 0 Å². The standard InChI is InChI=1S/C16H15ClN4O/c17-13-5-3-4-12(10-13)16(14-6-1-2-8-19-14)21-11-15(22)20-9-7-18/h1-6,8,10,16,21H,9,11H2,(H,20,22). The molecule has 1 aromatic carbocycles. The Bertz CT molecular complexity index is 669. The van der Waals surface area contributed by atoms with E-state index in [0.717, 1.165) is 11.3 Å². The summed E-state index contributed by atoms with van der Waals surface area (Å²) in [6.07, 6.45) is 1.70. The van der Waals surface area contributed by atoms with Crippen molar-refractivity contribution in [3.63, 3.8) is 0 Å². The summed E-state index contributed by atoms with van der Waals surface area (Å²) >= 11 is 6.04. The Kier molecular flexibility index (Phi) is 5.90. The summed E-state index contributed by atoms with van der Waals surface area (Å²) in [5.41, 5.74) is 1.71. The van der Waals surface area contributed by atoms with E-state index < -0.39 is 0 Å². The lowest BCUT2D eigenvalue weighted by molar-refractivity contribution is -0.120. The van der Waals surface area contributed by atoms with Crippen LogP contribution in [0, 0.1) is 11.3 Å². The van der Waals surface area contributed by atoms with E-state index in [1.54, 1.807) is 12.3 Å². The van der Waals surface area contributed by atoms with Crippen molar-refractivity contribution in [2.75, 3.05) is 13.1 Å². The SMILES string of the molecule is N#CCNC(=O)CNC(c1cccc(Cl)c1)c1ccccn1. The van der Waals surface area contributed by atoms with Crippen molar-refractivity contribution in [1.82, 2.24) is 15.6 Å². The van der Waals surface area contributed by atoms with Gasteiger partial charge in [-0.05, 0) is 29.8 Å². The highest BCUT2D eigenvalue weighted by Crippen LogP contribution is 2.22. The quantitative estimate of drug-likeness (QED) is 0.800. The van der Waals surface area contributed by atoms with Crippen LogP contribution in [-0.2, 0) is 4.79 Å². The number of aromatic nitrogens is 1. The minimum atomic E-state index is -0.257. The molecule has 5 nitrogen and oxygen atoms in total. The van der Waals surface area contributed by atoms with Crippen LogP contribution >= 0.6 is 11.6 Å². The van der Waals surface area contributed by atoms with Crippen LogP contribution in [0.1, 0.15) is 17.3 Å². The predicted molar refractivity (Wildman–Crippen MR) is 84.2 cm³/mol. The molecule has 2 aromatic rings. The van der Waals surface area contributed by atoms with Crippen LogP contribution in [-0.4, -0.2) is 24.0 Å². The summed E-state index contributed by atoms with van der Waals surface area (Å²) in [6, 6.07) is 14.6. The number of hydrogen-bond donors (Lipinski definition) is 2. The minimum absolute atomic E-state index is 0.00800. The van der Waals surface area contributed by atoms with Gasteiger partial charge >= 0.3 is 0 Å². The molecule has 6 heteroatoms. The fraction of sp³-hybridized carbons (Fsp3) is 0.188. The highest BCUT2D eigenvalue weighted by molar-refractivity contribution is 6.30. The number of nitrogens with one attached hydrogen (secondary N) is 2. The third-order valence-corrected chi connectivity index (χ3v) is 3.23. The summed E-state index contributed by atoms with van der Waals surface area (Å²) < 4.78 is 0. The highest BCUT2D eigenvalue weighted by Gasteiger charge is 2.16. The van der Waals surface area contributed by atoms with Crippen molar-refractivity contribution in [2.24, 2.45) is 0 Å². The second kappa shape index (κ2) is 8.13. The van der Waals surface area contributed by atoms with Crippen molar-refractivity contribution in [2.45, 2.75) is 6.04 Å². The van der Waals surface area contributed by atoms with Crippen molar-refractivity contribution in [3.05, 3.63) is 64.9 Å². The van der Waals surface area contributed by atoms with E-state index in [4.69, 9.17) is 16.9 Å². The van der Waals surface area contributed by atoms with Gasteiger partial charge in [-0.25, -0.2) is 0 Å². The molecule has 0 radical (unpaired) electrons. The zero-order chi connectivity index (χ0) is 15.8. The average Bonchev–Trinajstić information content (AvgIpc) is 2.54. The summed E-state index contributed by atoms with van der Waals surface area (Å²) in [7, 11) is 0. The number of amides is 1. The number of pyridine rings is 1. The van der Waals surface area contributed by atoms with Crippen LogP contribution in [0.4, 0.5) is 0 Å². The van der Waals surface area contributed by atoms with Crippen molar-refractivity contribution >= 4 is 17.5 Å². The van der Waals surface area contributed by atoms with E-state index in [1.807, 2.05) is 42.5 Å². The maximum Gasteiger partial charge on any atom is 0.234 e. The molecule has 2 N–H and O–H groups in total. The van der Waals surface area contributed by atoms with Crippen LogP contribution in [0.15, 0.2) is 48.7 Å². The molecule has 0 aliphatic carbocycles. The predicted octanol–water partition coefficient (Wildman–Crippen LogP) is 2.05. The first-order valence-electron chi connectivity index (χ1n) is 6.74. The van der Waals surface area contributed by atoms with E-state index in [-0.39, 0.29) is 25.0 Å². The van der Waals surface area contributed by atoms with E-state index in [2.05, 4.69) is 15.6 Å². The molecule has 0 bridgehead atoms. The van der Waals surface area contributed by atoms with Gasteiger partial charge in [0.2, 0.25) is 5.91 Å². The molecule has 0 aliphatic heterocycles. The number of hydrogen-bond acceptors (Lipinski definition) is 4. The average molecular weight is 315 g/mol. The fourth-order valence-corrected chi connectivity index (χ4v) is 2.22. The number of halogens is 1. The monoisotopic (exact) mass is 314 g/mol. The number of nitriles is 1. The number of rotatable bonds is 6. The zero-order valence-corrected chi connectivity index (χ0v) is 12.5. The minimum Gasteiger partial charge on any atom is -0.342 e. The Balaban J connectivity index is 2.16. The van der Waals surface area contributed by atoms with Gasteiger partial charge < -0.3 is 5.32 Å². The number of nitrogens with zero attached hydrogens (tertiary/aromatic N) is 2. The maximum atomic E-state index is 11.7. The lowest BCUT2D eigenvalue weighted by atomic mass is 10.0. The first-order chi connectivity index (χ1) is 10.7. The molecular weight excluding hydrogens is 300 g/mol. The smallest absolute Gasteiger partial charge is 0.234 e. The van der Waals surface area contributed by atoms with Crippen molar-refractivity contribution < 1.29 is 4.79 Å². The third-order valence-electron chi connectivity index (χ3n) is 3.00. The van der Waals surface area contributed by atoms with Crippen molar-refractivity contribution in [3.8, 4) is 6.07 Å². The second-order valence-electron chi connectivity index (χ2n) is 4.56. The molecule has 1 unspecified atom stereocenters. The molecule has 1 amide bonds. The molecule has 0 saturated carbocycles. The van der Waals surface area contributed by atoms with Gasteiger partial charge in [0.15, 0.2) is 0 Å². The second-order valence-corrected chi connectivity index (χ2v) is 4.99. The molecular formula is C16H15ClN4O. The summed E-state index contributed by atoms with van der Waals surface area (Å²) in [4.78, 5) is 16.0. The largest absolute Gasteiger partial charge is 0.342 e. The van der Waals surface area contributed by atoms with Gasteiger partial charge in [0.25, 0.3) is 0 Å². The zero-order valence-electron chi connectivity index (χ0n) is 11.8. The molecule has 0 fully saturated rings. The van der Waals surface area contributed by atoms with E-state index in [0.29, 0.717) is 5.02 Å². The van der Waals surface area contributed by atoms with Gasteiger partial charge in [0, 0.05) is 11.2 Å². The number of carbonyl (C=O) groups excluding carboxylic acids is 1. The fourth-order valence-electron chi connectivity index (χ4n) is 2.02. The Morgan fingerprint density at radius 3 is 2.86 bits per heavy atom. The molecule has 1 atom stereocenters. The molecule has 2 rings (SSSR count). The van der Waals surface area contributed by atoms with Gasteiger partial charge in [0.1, 0.15) is 6.54 Å². The molecule has 1 heterocycles. The Labute approximate surface area is 133 Å². The van der Waals surface area contributed by atoms with Gasteiger partial charge in [-0.3, -0.25) is 15.1 Å². The highest BCUT2D eigenvalue weighted by atomic mass is 35.5. The lowest BCUT2D eigenvalue weighted by Crippen LogP contribution is -2.36. The Hall–Kier alpha value is -2.42. The maximum absolute atomic E-state index is 11.7. The molecule has 1 aromatic heterocycles. The number of benzene rings is 1. The van der Waals surface area contributed by atoms with Crippen LogP contribution in [0.5, 0.6) is 0 Å². The van der Waals surface area contributed by atoms with Crippen LogP contribution < -0.4 is 10.6 Å². The molecule has 0 saturated heterocycles. The van der Waals surface area contributed by atoms with Gasteiger partial charge in [0.05, 0.1) is 24.3 Å². The molecule has 0 spiro atoms. The Morgan fingerprint density at radius 2 is 2.18 bits per heavy atom. The van der Waals surface area contributed by atoms with Crippen LogP contribution in [0.3, 0.4) is 0 Å². The van der Waals surface area contributed by atoms with E-state index >= 15 is 0 Å². The van der Waals surface area contributed by atoms with Gasteiger partial charge in [-0.1, -0.05) is 29.8 Å². The van der Waals surface area contributed by atoms with Crippen LogP contribution in [0.2, 0.25) is 5.02 Å². The number of carbonyl (C=O) groups is 1. The van der Waals surface area contributed by atoms with Gasteiger partial charge in [-0.2, -0.15) is 5.26 Å². The first kappa shape index (κ1) is 16.0. The van der Waals surface area contributed by atoms with Crippen LogP contribution in [0.25, 0.3) is 0 Å². The normalized spacial score (nSPS) is 11.5. The first-order valence-corrected chi connectivity index (χ1v) is 7.12. The van der Waals surface area contributed by atoms with Gasteiger partial charge in [-0.15, -0.1) is 0 Å². The summed E-state index contributed by atoms with van der Waals surface area (Å²) in [5, 5.41) is 14.7. The Morgan fingerprint density at radius 1 is 1.32 bits per heavy atom.